The predicted octanol–water partition coefficient (Wildman–Crippen LogP) is 7.53. The summed E-state index contributed by atoms with van der Waals surface area (Å²) < 4.78 is 9.57. The standard InChI is InChI=1S/C25H26N2O4.CHCl3/c1-15-12-16(2)23(27-14-19-9-7-11-21(31-5)25(19)29)17(3)22(15)26-13-18-8-6-10-20(30-4)24(18)28;2-1(3)4/h6-14,28-29H,1-5H3;1H. The number of nitrogens with zero attached hydrogens (tertiary/aromatic N) is 2. The molecule has 0 unspecified atom stereocenters. The van der Waals surface area contributed by atoms with Crippen LogP contribution in [0.15, 0.2) is 52.4 Å². The molecule has 0 spiro atoms. The van der Waals surface area contributed by atoms with Crippen LogP contribution in [0.4, 0.5) is 11.4 Å². The molecule has 186 valence electrons. The Hall–Kier alpha value is -2.93. The summed E-state index contributed by atoms with van der Waals surface area (Å²) in [6.45, 7) is 5.93. The third-order valence-corrected chi connectivity index (χ3v) is 5.06. The fourth-order valence-corrected chi connectivity index (χ4v) is 3.45. The summed E-state index contributed by atoms with van der Waals surface area (Å²) in [6, 6.07) is 12.5. The van der Waals surface area contributed by atoms with Gasteiger partial charge in [0.2, 0.25) is 0 Å². The molecule has 0 saturated heterocycles. The Kier molecular flexibility index (Phi) is 10.7. The van der Waals surface area contributed by atoms with Gasteiger partial charge in [-0.1, -0.05) is 53.0 Å². The average Bonchev–Trinajstić information content (AvgIpc) is 2.80. The number of halogens is 3. The Morgan fingerprint density at radius 2 is 1.11 bits per heavy atom. The second-order valence-electron chi connectivity index (χ2n) is 7.39. The smallest absolute Gasteiger partial charge is 0.180 e. The van der Waals surface area contributed by atoms with Crippen LogP contribution in [-0.4, -0.2) is 41.2 Å². The van der Waals surface area contributed by atoms with Crippen molar-refractivity contribution in [2.24, 2.45) is 9.98 Å². The lowest BCUT2D eigenvalue weighted by molar-refractivity contribution is 0.373. The van der Waals surface area contributed by atoms with Crippen LogP contribution in [0.25, 0.3) is 0 Å². The molecule has 0 atom stereocenters. The first-order chi connectivity index (χ1) is 16.6. The highest BCUT2D eigenvalue weighted by Gasteiger charge is 2.12. The number of hydrogen-bond acceptors (Lipinski definition) is 6. The van der Waals surface area contributed by atoms with Crippen LogP contribution in [0.3, 0.4) is 0 Å². The summed E-state index contributed by atoms with van der Waals surface area (Å²) in [5.74, 6) is 0.875. The number of aryl methyl sites for hydroxylation is 2. The SMILES string of the molecule is COc1cccc(C=Nc2c(C)cc(C)c(N=Cc3cccc(OC)c3O)c2C)c1O.ClC(Cl)Cl. The maximum atomic E-state index is 10.3. The van der Waals surface area contributed by atoms with Crippen molar-refractivity contribution >= 4 is 58.6 Å². The van der Waals surface area contributed by atoms with Crippen LogP contribution in [-0.2, 0) is 0 Å². The van der Waals surface area contributed by atoms with Crippen LogP contribution >= 0.6 is 34.8 Å². The maximum Gasteiger partial charge on any atom is 0.180 e. The summed E-state index contributed by atoms with van der Waals surface area (Å²) in [4.78, 5) is 9.26. The normalized spacial score (nSPS) is 11.1. The van der Waals surface area contributed by atoms with Crippen LogP contribution in [0.1, 0.15) is 27.8 Å². The topological polar surface area (TPSA) is 83.6 Å². The molecule has 0 aromatic heterocycles. The van der Waals surface area contributed by atoms with Gasteiger partial charge < -0.3 is 19.7 Å². The summed E-state index contributed by atoms with van der Waals surface area (Å²) in [5.41, 5.74) is 5.56. The van der Waals surface area contributed by atoms with E-state index >= 15 is 0 Å². The fourth-order valence-electron chi connectivity index (χ4n) is 3.45. The van der Waals surface area contributed by atoms with Gasteiger partial charge in [-0.2, -0.15) is 0 Å². The molecule has 2 N–H and O–H groups in total. The summed E-state index contributed by atoms with van der Waals surface area (Å²) >= 11 is 14.4. The number of rotatable bonds is 6. The number of para-hydroxylation sites is 2. The molecule has 0 aliphatic heterocycles. The van der Waals surface area contributed by atoms with Gasteiger partial charge in [-0.15, -0.1) is 0 Å². The Balaban J connectivity index is 0.00000100. The van der Waals surface area contributed by atoms with Crippen molar-refractivity contribution in [2.45, 2.75) is 25.1 Å². The number of phenols is 2. The predicted molar refractivity (Wildman–Crippen MR) is 146 cm³/mol. The zero-order chi connectivity index (χ0) is 26.1. The van der Waals surface area contributed by atoms with Gasteiger partial charge in [-0.3, -0.25) is 9.98 Å². The highest BCUT2D eigenvalue weighted by Crippen LogP contribution is 2.36. The van der Waals surface area contributed by atoms with Crippen molar-refractivity contribution in [1.29, 1.82) is 0 Å². The third kappa shape index (κ3) is 7.52. The van der Waals surface area contributed by atoms with Crippen LogP contribution < -0.4 is 9.47 Å². The van der Waals surface area contributed by atoms with E-state index in [2.05, 4.69) is 9.98 Å². The highest BCUT2D eigenvalue weighted by atomic mass is 35.6. The van der Waals surface area contributed by atoms with Crippen molar-refractivity contribution in [3.05, 3.63) is 70.3 Å². The van der Waals surface area contributed by atoms with Crippen LogP contribution in [0.2, 0.25) is 0 Å². The van der Waals surface area contributed by atoms with E-state index < -0.39 is 4.30 Å². The largest absolute Gasteiger partial charge is 0.504 e. The number of hydrogen-bond donors (Lipinski definition) is 2. The van der Waals surface area contributed by atoms with Gasteiger partial charge in [0, 0.05) is 29.1 Å². The van der Waals surface area contributed by atoms with E-state index in [9.17, 15) is 10.2 Å². The van der Waals surface area contributed by atoms with E-state index in [0.717, 1.165) is 28.1 Å². The van der Waals surface area contributed by atoms with Crippen molar-refractivity contribution in [2.75, 3.05) is 14.2 Å². The Morgan fingerprint density at radius 1 is 0.743 bits per heavy atom. The molecule has 9 heteroatoms. The molecule has 0 aliphatic rings. The Labute approximate surface area is 220 Å². The number of benzene rings is 3. The Morgan fingerprint density at radius 3 is 1.46 bits per heavy atom. The van der Waals surface area contributed by atoms with Gasteiger partial charge in [0.15, 0.2) is 27.3 Å². The van der Waals surface area contributed by atoms with E-state index in [1.54, 1.807) is 48.8 Å². The molecule has 6 nitrogen and oxygen atoms in total. The van der Waals surface area contributed by atoms with Gasteiger partial charge in [0.1, 0.15) is 0 Å². The van der Waals surface area contributed by atoms with Crippen molar-refractivity contribution in [3.8, 4) is 23.0 Å². The van der Waals surface area contributed by atoms with Crippen LogP contribution in [0, 0.1) is 20.8 Å². The average molecular weight is 538 g/mol. The number of phenolic OH excluding ortho intramolecular Hbond substituents is 2. The van der Waals surface area contributed by atoms with Crippen molar-refractivity contribution in [3.63, 3.8) is 0 Å². The minimum absolute atomic E-state index is 0.0444. The number of alkyl halides is 3. The summed E-state index contributed by atoms with van der Waals surface area (Å²) in [5, 5.41) is 20.6. The number of aromatic hydroxyl groups is 2. The third-order valence-electron chi connectivity index (χ3n) is 5.06. The van der Waals surface area contributed by atoms with Crippen LogP contribution in [0.5, 0.6) is 23.0 Å². The Bertz CT molecular complexity index is 1140. The molecular weight excluding hydrogens is 511 g/mol. The van der Waals surface area contributed by atoms with Crippen molar-refractivity contribution in [1.82, 2.24) is 0 Å². The van der Waals surface area contributed by atoms with Gasteiger partial charge >= 0.3 is 0 Å². The lowest BCUT2D eigenvalue weighted by Crippen LogP contribution is -1.91. The summed E-state index contributed by atoms with van der Waals surface area (Å²) in [7, 11) is 3.02. The zero-order valence-electron chi connectivity index (χ0n) is 20.0. The molecule has 0 bridgehead atoms. The van der Waals surface area contributed by atoms with Gasteiger partial charge in [0.25, 0.3) is 0 Å². The molecule has 0 aliphatic carbocycles. The zero-order valence-corrected chi connectivity index (χ0v) is 22.3. The van der Waals surface area contributed by atoms with E-state index in [-0.39, 0.29) is 11.5 Å². The number of methoxy groups -OCH3 is 2. The van der Waals surface area contributed by atoms with Gasteiger partial charge in [-0.25, -0.2) is 0 Å². The molecule has 3 aromatic carbocycles. The van der Waals surface area contributed by atoms with Gasteiger partial charge in [0.05, 0.1) is 25.6 Å². The highest BCUT2D eigenvalue weighted by molar-refractivity contribution is 6.63. The quantitative estimate of drug-likeness (QED) is 0.251. The van der Waals surface area contributed by atoms with E-state index in [1.807, 2.05) is 26.8 Å². The number of ether oxygens (including phenoxy) is 2. The molecule has 3 rings (SSSR count). The first kappa shape index (κ1) is 28.3. The lowest BCUT2D eigenvalue weighted by atomic mass is 10.0. The molecule has 35 heavy (non-hydrogen) atoms. The monoisotopic (exact) mass is 536 g/mol. The molecule has 0 heterocycles. The fraction of sp³-hybridized carbons (Fsp3) is 0.231. The minimum atomic E-state index is -0.750. The molecule has 3 aromatic rings. The molecular formula is C26H27Cl3N2O4. The first-order valence-electron chi connectivity index (χ1n) is 10.4. The minimum Gasteiger partial charge on any atom is -0.504 e. The summed E-state index contributed by atoms with van der Waals surface area (Å²) in [6.07, 6.45) is 3.23. The number of aliphatic imine (C=N–C) groups is 2. The van der Waals surface area contributed by atoms with Gasteiger partial charge in [-0.05, 0) is 56.2 Å². The van der Waals surface area contributed by atoms with E-state index in [4.69, 9.17) is 44.3 Å². The molecule has 0 saturated carbocycles. The lowest BCUT2D eigenvalue weighted by Gasteiger charge is -2.12. The molecule has 0 radical (unpaired) electrons. The van der Waals surface area contributed by atoms with Crippen molar-refractivity contribution < 1.29 is 19.7 Å². The van der Waals surface area contributed by atoms with E-state index in [0.29, 0.717) is 22.6 Å². The second kappa shape index (κ2) is 13.2. The molecule has 0 amide bonds. The first-order valence-corrected chi connectivity index (χ1v) is 11.7. The maximum absolute atomic E-state index is 10.3. The molecule has 0 fully saturated rings. The second-order valence-corrected chi connectivity index (χ2v) is 9.37. The van der Waals surface area contributed by atoms with E-state index in [1.165, 1.54) is 14.2 Å².